The van der Waals surface area contributed by atoms with Gasteiger partial charge in [0.05, 0.1) is 0 Å². The predicted octanol–water partition coefficient (Wildman–Crippen LogP) is 2.72. The van der Waals surface area contributed by atoms with Crippen molar-refractivity contribution >= 4 is 0 Å². The lowest BCUT2D eigenvalue weighted by Gasteiger charge is -2.30. The summed E-state index contributed by atoms with van der Waals surface area (Å²) in [5, 5.41) is 3.54. The van der Waals surface area contributed by atoms with Gasteiger partial charge in [0.25, 0.3) is 0 Å². The molecule has 1 aromatic rings. The molecule has 0 radical (unpaired) electrons. The van der Waals surface area contributed by atoms with Crippen molar-refractivity contribution < 1.29 is 0 Å². The first kappa shape index (κ1) is 15.3. The highest BCUT2D eigenvalue weighted by molar-refractivity contribution is 5.06. The average molecular weight is 251 g/mol. The van der Waals surface area contributed by atoms with Gasteiger partial charge in [-0.2, -0.15) is 0 Å². The first-order chi connectivity index (χ1) is 8.56. The van der Waals surface area contributed by atoms with Gasteiger partial charge in [0.1, 0.15) is 0 Å². The van der Waals surface area contributed by atoms with E-state index in [-0.39, 0.29) is 0 Å². The lowest BCUT2D eigenvalue weighted by atomic mass is 10.2. The van der Waals surface area contributed by atoms with Crippen LogP contribution in [0.15, 0.2) is 18.3 Å². The van der Waals surface area contributed by atoms with Crippen molar-refractivity contribution in [1.82, 2.24) is 14.8 Å². The van der Waals surface area contributed by atoms with Gasteiger partial charge in [0.15, 0.2) is 0 Å². The van der Waals surface area contributed by atoms with E-state index in [0.29, 0.717) is 12.1 Å². The van der Waals surface area contributed by atoms with Crippen molar-refractivity contribution in [3.63, 3.8) is 0 Å². The summed E-state index contributed by atoms with van der Waals surface area (Å²) in [5.74, 6) is 0. The fraction of sp³-hybridized carbons (Fsp3) is 0.733. The molecule has 3 nitrogen and oxygen atoms in total. The predicted molar refractivity (Wildman–Crippen MR) is 78.8 cm³/mol. The Morgan fingerprint density at radius 3 is 2.44 bits per heavy atom. The highest BCUT2D eigenvalue weighted by Gasteiger charge is 2.12. The largest absolute Gasteiger partial charge is 0.351 e. The van der Waals surface area contributed by atoms with Gasteiger partial charge in [-0.3, -0.25) is 4.90 Å². The molecular formula is C15H29N3. The van der Waals surface area contributed by atoms with Gasteiger partial charge in [0.2, 0.25) is 0 Å². The van der Waals surface area contributed by atoms with E-state index in [1.54, 1.807) is 0 Å². The molecule has 0 saturated carbocycles. The third-order valence-electron chi connectivity index (χ3n) is 3.44. The maximum absolute atomic E-state index is 3.54. The van der Waals surface area contributed by atoms with Crippen LogP contribution in [-0.4, -0.2) is 34.6 Å². The number of aromatic nitrogens is 1. The van der Waals surface area contributed by atoms with E-state index >= 15 is 0 Å². The minimum Gasteiger partial charge on any atom is -0.351 e. The molecule has 0 amide bonds. The van der Waals surface area contributed by atoms with E-state index in [0.717, 1.165) is 26.2 Å². The van der Waals surface area contributed by atoms with E-state index in [1.807, 2.05) is 0 Å². The van der Waals surface area contributed by atoms with Crippen LogP contribution in [0.2, 0.25) is 0 Å². The SMILES string of the molecule is CCn1cccc1CNCCN(C(C)C)C(C)C. The summed E-state index contributed by atoms with van der Waals surface area (Å²) in [6.07, 6.45) is 2.14. The lowest BCUT2D eigenvalue weighted by molar-refractivity contribution is 0.175. The van der Waals surface area contributed by atoms with Gasteiger partial charge in [-0.15, -0.1) is 0 Å². The Morgan fingerprint density at radius 2 is 1.89 bits per heavy atom. The molecule has 0 spiro atoms. The lowest BCUT2D eigenvalue weighted by Crippen LogP contribution is -2.41. The number of nitrogens with one attached hydrogen (secondary N) is 1. The highest BCUT2D eigenvalue weighted by atomic mass is 15.2. The van der Waals surface area contributed by atoms with Gasteiger partial charge in [-0.05, 0) is 46.8 Å². The van der Waals surface area contributed by atoms with Crippen molar-refractivity contribution in [2.24, 2.45) is 0 Å². The number of rotatable bonds is 8. The van der Waals surface area contributed by atoms with E-state index < -0.39 is 0 Å². The van der Waals surface area contributed by atoms with Gasteiger partial charge in [0, 0.05) is 50.2 Å². The Balaban J connectivity index is 2.30. The zero-order valence-electron chi connectivity index (χ0n) is 12.6. The average Bonchev–Trinajstić information content (AvgIpc) is 2.75. The smallest absolute Gasteiger partial charge is 0.0359 e. The monoisotopic (exact) mass is 251 g/mol. The maximum atomic E-state index is 3.54. The maximum Gasteiger partial charge on any atom is 0.0359 e. The fourth-order valence-corrected chi connectivity index (χ4v) is 2.46. The van der Waals surface area contributed by atoms with Crippen LogP contribution in [0.4, 0.5) is 0 Å². The Hall–Kier alpha value is -0.800. The van der Waals surface area contributed by atoms with Crippen molar-refractivity contribution in [1.29, 1.82) is 0 Å². The minimum atomic E-state index is 0.617. The number of hydrogen-bond donors (Lipinski definition) is 1. The highest BCUT2D eigenvalue weighted by Crippen LogP contribution is 2.04. The topological polar surface area (TPSA) is 20.2 Å². The molecule has 1 N–H and O–H groups in total. The normalized spacial score (nSPS) is 12.0. The third kappa shape index (κ3) is 4.46. The number of hydrogen-bond acceptors (Lipinski definition) is 2. The molecule has 0 aromatic carbocycles. The van der Waals surface area contributed by atoms with Gasteiger partial charge in [-0.1, -0.05) is 0 Å². The summed E-state index contributed by atoms with van der Waals surface area (Å²) in [6, 6.07) is 5.55. The molecule has 0 unspecified atom stereocenters. The number of nitrogens with zero attached hydrogens (tertiary/aromatic N) is 2. The fourth-order valence-electron chi connectivity index (χ4n) is 2.46. The first-order valence-corrected chi connectivity index (χ1v) is 7.16. The summed E-state index contributed by atoms with van der Waals surface area (Å²) in [4.78, 5) is 2.52. The molecule has 1 heterocycles. The Morgan fingerprint density at radius 1 is 1.22 bits per heavy atom. The summed E-state index contributed by atoms with van der Waals surface area (Å²) in [7, 11) is 0. The zero-order valence-corrected chi connectivity index (χ0v) is 12.6. The van der Waals surface area contributed by atoms with E-state index in [4.69, 9.17) is 0 Å². The second kappa shape index (κ2) is 7.59. The zero-order chi connectivity index (χ0) is 13.5. The van der Waals surface area contributed by atoms with E-state index in [9.17, 15) is 0 Å². The van der Waals surface area contributed by atoms with Crippen LogP contribution in [0.3, 0.4) is 0 Å². The van der Waals surface area contributed by atoms with Crippen molar-refractivity contribution in [2.45, 2.75) is 59.8 Å². The van der Waals surface area contributed by atoms with Crippen LogP contribution in [0.25, 0.3) is 0 Å². The van der Waals surface area contributed by atoms with Gasteiger partial charge >= 0.3 is 0 Å². The van der Waals surface area contributed by atoms with Crippen molar-refractivity contribution in [2.75, 3.05) is 13.1 Å². The molecule has 3 heteroatoms. The summed E-state index contributed by atoms with van der Waals surface area (Å²) < 4.78 is 2.29. The molecule has 0 aliphatic rings. The standard InChI is InChI=1S/C15H29N3/c1-6-17-10-7-8-15(17)12-16-9-11-18(13(2)3)14(4)5/h7-8,10,13-14,16H,6,9,11-12H2,1-5H3. The molecule has 104 valence electrons. The molecule has 0 saturated heterocycles. The summed E-state index contributed by atoms with van der Waals surface area (Å²) in [5.41, 5.74) is 1.37. The molecule has 1 rings (SSSR count). The molecule has 18 heavy (non-hydrogen) atoms. The van der Waals surface area contributed by atoms with Crippen LogP contribution in [-0.2, 0) is 13.1 Å². The minimum absolute atomic E-state index is 0.617. The third-order valence-corrected chi connectivity index (χ3v) is 3.44. The summed E-state index contributed by atoms with van der Waals surface area (Å²) >= 11 is 0. The molecular weight excluding hydrogens is 222 g/mol. The first-order valence-electron chi connectivity index (χ1n) is 7.16. The quantitative estimate of drug-likeness (QED) is 0.717. The van der Waals surface area contributed by atoms with E-state index in [2.05, 4.69) is 67.7 Å². The molecule has 0 aliphatic carbocycles. The van der Waals surface area contributed by atoms with Crippen LogP contribution in [0.1, 0.15) is 40.3 Å². The Bertz CT molecular complexity index is 320. The second-order valence-electron chi connectivity index (χ2n) is 5.39. The molecule has 0 fully saturated rings. The van der Waals surface area contributed by atoms with Crippen LogP contribution in [0.5, 0.6) is 0 Å². The van der Waals surface area contributed by atoms with Crippen LogP contribution < -0.4 is 5.32 Å². The molecule has 0 aliphatic heterocycles. The molecule has 0 bridgehead atoms. The Kier molecular flexibility index (Phi) is 6.44. The second-order valence-corrected chi connectivity index (χ2v) is 5.39. The van der Waals surface area contributed by atoms with Crippen LogP contribution in [0, 0.1) is 0 Å². The van der Waals surface area contributed by atoms with Gasteiger partial charge in [-0.25, -0.2) is 0 Å². The summed E-state index contributed by atoms with van der Waals surface area (Å²) in [6.45, 7) is 15.4. The van der Waals surface area contributed by atoms with Gasteiger partial charge < -0.3 is 9.88 Å². The number of aryl methyl sites for hydroxylation is 1. The Labute approximate surface area is 112 Å². The van der Waals surface area contributed by atoms with E-state index in [1.165, 1.54) is 5.69 Å². The van der Waals surface area contributed by atoms with Crippen molar-refractivity contribution in [3.8, 4) is 0 Å². The van der Waals surface area contributed by atoms with Crippen molar-refractivity contribution in [3.05, 3.63) is 24.0 Å². The molecule has 0 atom stereocenters. The molecule has 1 aromatic heterocycles. The van der Waals surface area contributed by atoms with Crippen LogP contribution >= 0.6 is 0 Å².